The molecule has 0 radical (unpaired) electrons. The molecule has 0 bridgehead atoms. The van der Waals surface area contributed by atoms with Crippen LogP contribution in [0.15, 0.2) is 23.2 Å². The van der Waals surface area contributed by atoms with Crippen LogP contribution >= 0.6 is 11.3 Å². The normalized spacial score (nSPS) is 10.4. The summed E-state index contributed by atoms with van der Waals surface area (Å²) in [5.41, 5.74) is 2.97. The number of aromatic nitrogens is 3. The lowest BCUT2D eigenvalue weighted by molar-refractivity contribution is 0.0987. The Labute approximate surface area is 85.2 Å². The highest BCUT2D eigenvalue weighted by Gasteiger charge is 2.10. The van der Waals surface area contributed by atoms with Crippen LogP contribution in [0.25, 0.3) is 0 Å². The number of carbonyl (C=O) groups excluding carboxylic acids is 1. The fourth-order valence-corrected chi connectivity index (χ4v) is 1.72. The van der Waals surface area contributed by atoms with Gasteiger partial charge in [0, 0.05) is 18.6 Å². The second kappa shape index (κ2) is 3.71. The van der Waals surface area contributed by atoms with E-state index in [9.17, 15) is 4.79 Å². The van der Waals surface area contributed by atoms with Crippen LogP contribution in [-0.4, -0.2) is 20.5 Å². The van der Waals surface area contributed by atoms with Crippen molar-refractivity contribution in [3.63, 3.8) is 0 Å². The van der Waals surface area contributed by atoms with Gasteiger partial charge in [0.25, 0.3) is 0 Å². The molecule has 72 valence electrons. The van der Waals surface area contributed by atoms with Gasteiger partial charge in [-0.1, -0.05) is 0 Å². The first kappa shape index (κ1) is 9.08. The molecule has 2 heterocycles. The maximum absolute atomic E-state index is 11.6. The third-order valence-corrected chi connectivity index (χ3v) is 2.41. The standard InChI is InChI=1S/C9H9N3OS/c1-12-3-2-7(11-12)4-9(13)8-5-14-6-10-8/h2-3,5-6H,4H2,1H3. The highest BCUT2D eigenvalue weighted by molar-refractivity contribution is 7.07. The van der Waals surface area contributed by atoms with E-state index in [1.54, 1.807) is 15.6 Å². The summed E-state index contributed by atoms with van der Waals surface area (Å²) in [6, 6.07) is 1.84. The maximum atomic E-state index is 11.6. The molecule has 0 aliphatic heterocycles. The number of rotatable bonds is 3. The predicted molar refractivity (Wildman–Crippen MR) is 53.4 cm³/mol. The van der Waals surface area contributed by atoms with E-state index in [2.05, 4.69) is 10.1 Å². The highest BCUT2D eigenvalue weighted by atomic mass is 32.1. The number of hydrogen-bond acceptors (Lipinski definition) is 4. The fourth-order valence-electron chi connectivity index (χ4n) is 1.16. The second-order valence-electron chi connectivity index (χ2n) is 2.95. The molecule has 14 heavy (non-hydrogen) atoms. The maximum Gasteiger partial charge on any atom is 0.188 e. The quantitative estimate of drug-likeness (QED) is 0.713. The van der Waals surface area contributed by atoms with Crippen LogP contribution in [0.5, 0.6) is 0 Å². The SMILES string of the molecule is Cn1ccc(CC(=O)c2cscn2)n1. The molecule has 2 rings (SSSR count). The summed E-state index contributed by atoms with van der Waals surface area (Å²) in [4.78, 5) is 15.5. The molecule has 0 aliphatic rings. The van der Waals surface area contributed by atoms with Crippen LogP contribution in [-0.2, 0) is 13.5 Å². The van der Waals surface area contributed by atoms with Crippen LogP contribution in [0, 0.1) is 0 Å². The molecule has 0 aliphatic carbocycles. The molecule has 5 heteroatoms. The molecule has 0 fully saturated rings. The Hall–Kier alpha value is -1.49. The number of Topliss-reactive ketones (excluding diaryl/α,β-unsaturated/α-hetero) is 1. The van der Waals surface area contributed by atoms with E-state index < -0.39 is 0 Å². The van der Waals surface area contributed by atoms with Gasteiger partial charge in [-0.25, -0.2) is 4.98 Å². The third kappa shape index (κ3) is 1.88. The van der Waals surface area contributed by atoms with Gasteiger partial charge in [-0.05, 0) is 6.07 Å². The summed E-state index contributed by atoms with van der Waals surface area (Å²) >= 11 is 1.43. The van der Waals surface area contributed by atoms with Crippen LogP contribution in [0.2, 0.25) is 0 Å². The highest BCUT2D eigenvalue weighted by Crippen LogP contribution is 2.06. The van der Waals surface area contributed by atoms with Gasteiger partial charge < -0.3 is 0 Å². The van der Waals surface area contributed by atoms with Gasteiger partial charge in [-0.2, -0.15) is 5.10 Å². The van der Waals surface area contributed by atoms with Crippen molar-refractivity contribution in [2.24, 2.45) is 7.05 Å². The Bertz CT molecular complexity index is 433. The molecule has 0 N–H and O–H groups in total. The molecule has 0 atom stereocenters. The zero-order valence-electron chi connectivity index (χ0n) is 7.67. The lowest BCUT2D eigenvalue weighted by Gasteiger charge is -1.92. The van der Waals surface area contributed by atoms with Gasteiger partial charge >= 0.3 is 0 Å². The van der Waals surface area contributed by atoms with E-state index in [1.807, 2.05) is 19.3 Å². The van der Waals surface area contributed by atoms with E-state index in [4.69, 9.17) is 0 Å². The molecular weight excluding hydrogens is 198 g/mol. The molecule has 0 unspecified atom stereocenters. The first-order valence-electron chi connectivity index (χ1n) is 4.15. The van der Waals surface area contributed by atoms with Gasteiger partial charge in [0.2, 0.25) is 0 Å². The minimum absolute atomic E-state index is 0.0185. The Morgan fingerprint density at radius 1 is 1.64 bits per heavy atom. The largest absolute Gasteiger partial charge is 0.292 e. The summed E-state index contributed by atoms with van der Waals surface area (Å²) in [5.74, 6) is 0.0185. The Morgan fingerprint density at radius 3 is 3.07 bits per heavy atom. The summed E-state index contributed by atoms with van der Waals surface area (Å²) < 4.78 is 1.68. The molecule has 2 aromatic heterocycles. The first-order valence-corrected chi connectivity index (χ1v) is 5.10. The van der Waals surface area contributed by atoms with Crippen LogP contribution < -0.4 is 0 Å². The number of hydrogen-bond donors (Lipinski definition) is 0. The van der Waals surface area contributed by atoms with Crippen LogP contribution in [0.3, 0.4) is 0 Å². The zero-order chi connectivity index (χ0) is 9.97. The van der Waals surface area contributed by atoms with Crippen molar-refractivity contribution < 1.29 is 4.79 Å². The molecule has 0 saturated heterocycles. The smallest absolute Gasteiger partial charge is 0.188 e. The number of thiazole rings is 1. The molecule has 0 spiro atoms. The van der Waals surface area contributed by atoms with E-state index in [0.29, 0.717) is 12.1 Å². The van der Waals surface area contributed by atoms with Crippen molar-refractivity contribution in [1.82, 2.24) is 14.8 Å². The van der Waals surface area contributed by atoms with Crippen LogP contribution in [0.4, 0.5) is 0 Å². The van der Waals surface area contributed by atoms with Crippen LogP contribution in [0.1, 0.15) is 16.2 Å². The summed E-state index contributed by atoms with van der Waals surface area (Å²) in [6.45, 7) is 0. The minimum Gasteiger partial charge on any atom is -0.292 e. The van der Waals surface area contributed by atoms with E-state index in [-0.39, 0.29) is 5.78 Å². The Kier molecular flexibility index (Phi) is 2.41. The average molecular weight is 207 g/mol. The summed E-state index contributed by atoms with van der Waals surface area (Å²) in [6.07, 6.45) is 2.15. The Balaban J connectivity index is 2.09. The number of nitrogens with zero attached hydrogens (tertiary/aromatic N) is 3. The molecular formula is C9H9N3OS. The fraction of sp³-hybridized carbons (Fsp3) is 0.222. The summed E-state index contributed by atoms with van der Waals surface area (Å²) in [7, 11) is 1.83. The molecule has 0 saturated carbocycles. The second-order valence-corrected chi connectivity index (χ2v) is 3.67. The molecule has 0 aromatic carbocycles. The summed E-state index contributed by atoms with van der Waals surface area (Å²) in [5, 5.41) is 5.89. The van der Waals surface area contributed by atoms with Crippen molar-refractivity contribution in [3.05, 3.63) is 34.5 Å². The third-order valence-electron chi connectivity index (χ3n) is 1.83. The van der Waals surface area contributed by atoms with Gasteiger partial charge in [-0.15, -0.1) is 11.3 Å². The van der Waals surface area contributed by atoms with Crippen molar-refractivity contribution >= 4 is 17.1 Å². The van der Waals surface area contributed by atoms with Crippen molar-refractivity contribution in [2.75, 3.05) is 0 Å². The van der Waals surface area contributed by atoms with Crippen molar-refractivity contribution in [2.45, 2.75) is 6.42 Å². The van der Waals surface area contributed by atoms with Gasteiger partial charge in [0.1, 0.15) is 5.69 Å². The number of carbonyl (C=O) groups is 1. The van der Waals surface area contributed by atoms with E-state index >= 15 is 0 Å². The molecule has 0 amide bonds. The van der Waals surface area contributed by atoms with E-state index in [1.165, 1.54) is 11.3 Å². The van der Waals surface area contributed by atoms with Gasteiger partial charge in [0.05, 0.1) is 17.6 Å². The zero-order valence-corrected chi connectivity index (χ0v) is 8.49. The monoisotopic (exact) mass is 207 g/mol. The molecule has 4 nitrogen and oxygen atoms in total. The number of aryl methyl sites for hydroxylation is 1. The lowest BCUT2D eigenvalue weighted by Crippen LogP contribution is -2.04. The van der Waals surface area contributed by atoms with Gasteiger partial charge in [-0.3, -0.25) is 9.48 Å². The molecule has 2 aromatic rings. The Morgan fingerprint density at radius 2 is 2.50 bits per heavy atom. The minimum atomic E-state index is 0.0185. The van der Waals surface area contributed by atoms with Crippen molar-refractivity contribution in [3.8, 4) is 0 Å². The lowest BCUT2D eigenvalue weighted by atomic mass is 10.2. The van der Waals surface area contributed by atoms with E-state index in [0.717, 1.165) is 5.69 Å². The topological polar surface area (TPSA) is 47.8 Å². The number of ketones is 1. The average Bonchev–Trinajstić information content (AvgIpc) is 2.75. The predicted octanol–water partition coefficient (Wildman–Crippen LogP) is 1.30. The first-order chi connectivity index (χ1) is 6.75. The van der Waals surface area contributed by atoms with Crippen molar-refractivity contribution in [1.29, 1.82) is 0 Å². The van der Waals surface area contributed by atoms with Gasteiger partial charge in [0.15, 0.2) is 5.78 Å².